The summed E-state index contributed by atoms with van der Waals surface area (Å²) in [6.45, 7) is 14.4. The van der Waals surface area contributed by atoms with Crippen molar-refractivity contribution in [2.45, 2.75) is 56.3 Å². The van der Waals surface area contributed by atoms with E-state index >= 15 is 0 Å². The summed E-state index contributed by atoms with van der Waals surface area (Å²) >= 11 is 0. The van der Waals surface area contributed by atoms with Gasteiger partial charge in [-0.05, 0) is 42.8 Å². The maximum absolute atomic E-state index is 13.2. The Kier molecular flexibility index (Phi) is 8.39. The molecule has 8 nitrogen and oxygen atoms in total. The highest BCUT2D eigenvalue weighted by Gasteiger charge is 2.40. The van der Waals surface area contributed by atoms with Crippen molar-refractivity contribution in [1.82, 2.24) is 9.21 Å². The molecule has 1 amide bonds. The van der Waals surface area contributed by atoms with Gasteiger partial charge in [0.25, 0.3) is 0 Å². The largest absolute Gasteiger partial charge is 0.412 e. The van der Waals surface area contributed by atoms with Crippen LogP contribution in [-0.4, -0.2) is 90.9 Å². The summed E-state index contributed by atoms with van der Waals surface area (Å²) < 4.78 is 39.3. The Bertz CT molecular complexity index is 1070. The topological polar surface area (TPSA) is 79.4 Å². The van der Waals surface area contributed by atoms with Gasteiger partial charge in [-0.25, -0.2) is 8.42 Å². The molecule has 0 aliphatic carbocycles. The third-order valence-electron chi connectivity index (χ3n) is 7.31. The molecule has 1 atom stereocenters. The SMILES string of the molecule is C#Cc1cc(S(=O)(=O)N(C)CC(=O)N2CCOCC2)ccc1N1CCC(O[Si](C)(C)C(C)(C)C)C1. The molecule has 0 saturated carbocycles. The molecule has 0 N–H and O–H groups in total. The second-order valence-electron chi connectivity index (χ2n) is 10.8. The number of sulfonamides is 1. The Hall–Kier alpha value is -1.90. The van der Waals surface area contributed by atoms with Gasteiger partial charge in [0, 0.05) is 38.8 Å². The van der Waals surface area contributed by atoms with Gasteiger partial charge >= 0.3 is 0 Å². The van der Waals surface area contributed by atoms with Gasteiger partial charge in [0.15, 0.2) is 8.32 Å². The molecule has 0 bridgehead atoms. The number of benzene rings is 1. The first-order chi connectivity index (χ1) is 16.3. The Morgan fingerprint density at radius 2 is 1.91 bits per heavy atom. The summed E-state index contributed by atoms with van der Waals surface area (Å²) in [6.07, 6.45) is 6.83. The van der Waals surface area contributed by atoms with Crippen LogP contribution in [0, 0.1) is 12.3 Å². The quantitative estimate of drug-likeness (QED) is 0.406. The average Bonchev–Trinajstić information content (AvgIpc) is 3.25. The summed E-state index contributed by atoms with van der Waals surface area (Å²) in [6, 6.07) is 4.88. The highest BCUT2D eigenvalue weighted by molar-refractivity contribution is 7.89. The van der Waals surface area contributed by atoms with E-state index in [4.69, 9.17) is 15.6 Å². The molecule has 1 aromatic carbocycles. The number of carbonyl (C=O) groups is 1. The molecule has 0 radical (unpaired) electrons. The highest BCUT2D eigenvalue weighted by Crippen LogP contribution is 2.39. The second-order valence-corrected chi connectivity index (χ2v) is 17.6. The van der Waals surface area contributed by atoms with Gasteiger partial charge in [-0.2, -0.15) is 4.31 Å². The van der Waals surface area contributed by atoms with Crippen LogP contribution >= 0.6 is 0 Å². The van der Waals surface area contributed by atoms with Gasteiger partial charge in [0.2, 0.25) is 15.9 Å². The van der Waals surface area contributed by atoms with Crippen LogP contribution in [0.25, 0.3) is 0 Å². The van der Waals surface area contributed by atoms with Gasteiger partial charge < -0.3 is 19.0 Å². The van der Waals surface area contributed by atoms with Crippen LogP contribution in [0.4, 0.5) is 5.69 Å². The molecule has 194 valence electrons. The van der Waals surface area contributed by atoms with Crippen LogP contribution in [0.15, 0.2) is 23.1 Å². The van der Waals surface area contributed by atoms with E-state index in [1.54, 1.807) is 17.0 Å². The van der Waals surface area contributed by atoms with Crippen LogP contribution < -0.4 is 4.90 Å². The molecule has 3 rings (SSSR count). The lowest BCUT2D eigenvalue weighted by Gasteiger charge is -2.38. The molecule has 35 heavy (non-hydrogen) atoms. The molecule has 10 heteroatoms. The van der Waals surface area contributed by atoms with Crippen molar-refractivity contribution in [2.75, 3.05) is 57.9 Å². The third-order valence-corrected chi connectivity index (χ3v) is 13.6. The van der Waals surface area contributed by atoms with E-state index in [0.717, 1.165) is 29.5 Å². The van der Waals surface area contributed by atoms with E-state index < -0.39 is 18.3 Å². The van der Waals surface area contributed by atoms with Gasteiger partial charge in [0.1, 0.15) is 0 Å². The zero-order chi connectivity index (χ0) is 26.0. The molecule has 2 heterocycles. The number of ether oxygens (including phenoxy) is 1. The molecular formula is C25H39N3O5SSi. The first-order valence-corrected chi connectivity index (χ1v) is 16.5. The Morgan fingerprint density at radius 1 is 1.26 bits per heavy atom. The van der Waals surface area contributed by atoms with Crippen molar-refractivity contribution < 1.29 is 22.4 Å². The van der Waals surface area contributed by atoms with Gasteiger partial charge in [-0.3, -0.25) is 4.79 Å². The number of hydrogen-bond donors (Lipinski definition) is 0. The molecule has 2 aliphatic rings. The summed E-state index contributed by atoms with van der Waals surface area (Å²) in [4.78, 5) is 16.4. The van der Waals surface area contributed by atoms with Crippen molar-refractivity contribution in [3.8, 4) is 12.3 Å². The number of anilines is 1. The van der Waals surface area contributed by atoms with Crippen LogP contribution in [0.2, 0.25) is 18.1 Å². The standard InChI is InChI=1S/C25H39N3O5SSi/c1-8-20-17-22(34(30,31)26(5)19-24(29)27-13-15-32-16-14-27)9-10-23(20)28-12-11-21(18-28)33-35(6,7)25(2,3)4/h1,9-10,17,21H,11-16,18-19H2,2-7H3. The Balaban J connectivity index is 1.72. The number of carbonyl (C=O) groups excluding carboxylic acids is 1. The fourth-order valence-corrected chi connectivity index (χ4v) is 6.60. The predicted octanol–water partition coefficient (Wildman–Crippen LogP) is 2.75. The maximum atomic E-state index is 13.2. The minimum Gasteiger partial charge on any atom is -0.412 e. The minimum atomic E-state index is -3.88. The number of hydrogen-bond acceptors (Lipinski definition) is 6. The van der Waals surface area contributed by atoms with Crippen molar-refractivity contribution >= 4 is 29.9 Å². The van der Waals surface area contributed by atoms with E-state index in [1.807, 2.05) is 0 Å². The smallest absolute Gasteiger partial charge is 0.243 e. The molecule has 0 spiro atoms. The zero-order valence-corrected chi connectivity index (χ0v) is 23.7. The minimum absolute atomic E-state index is 0.0831. The number of morpholine rings is 1. The molecule has 1 aromatic rings. The molecule has 2 aliphatic heterocycles. The van der Waals surface area contributed by atoms with Crippen molar-refractivity contribution in [3.63, 3.8) is 0 Å². The zero-order valence-electron chi connectivity index (χ0n) is 21.8. The number of likely N-dealkylation sites (N-methyl/N-ethyl adjacent to an activating group) is 1. The monoisotopic (exact) mass is 521 g/mol. The normalized spacial score (nSPS) is 19.8. The van der Waals surface area contributed by atoms with E-state index in [-0.39, 0.29) is 28.5 Å². The number of terminal acetylenes is 1. The molecule has 2 saturated heterocycles. The number of amides is 1. The van der Waals surface area contributed by atoms with E-state index in [1.165, 1.54) is 13.1 Å². The summed E-state index contributed by atoms with van der Waals surface area (Å²) in [5.41, 5.74) is 1.35. The predicted molar refractivity (Wildman–Crippen MR) is 140 cm³/mol. The van der Waals surface area contributed by atoms with Crippen LogP contribution in [-0.2, 0) is 24.0 Å². The number of rotatable bonds is 7. The van der Waals surface area contributed by atoms with E-state index in [0.29, 0.717) is 31.9 Å². The first-order valence-electron chi connectivity index (χ1n) is 12.1. The van der Waals surface area contributed by atoms with E-state index in [9.17, 15) is 13.2 Å². The van der Waals surface area contributed by atoms with Gasteiger partial charge in [-0.15, -0.1) is 6.42 Å². The first kappa shape index (κ1) is 27.7. The van der Waals surface area contributed by atoms with Gasteiger partial charge in [-0.1, -0.05) is 26.7 Å². The van der Waals surface area contributed by atoms with Crippen molar-refractivity contribution in [1.29, 1.82) is 0 Å². The molecule has 0 aromatic heterocycles. The average molecular weight is 522 g/mol. The lowest BCUT2D eigenvalue weighted by Crippen LogP contribution is -2.46. The van der Waals surface area contributed by atoms with Crippen LogP contribution in [0.1, 0.15) is 32.8 Å². The summed E-state index contributed by atoms with van der Waals surface area (Å²) in [5.74, 6) is 2.42. The van der Waals surface area contributed by atoms with Crippen LogP contribution in [0.5, 0.6) is 0 Å². The van der Waals surface area contributed by atoms with E-state index in [2.05, 4.69) is 44.7 Å². The molecular weight excluding hydrogens is 482 g/mol. The van der Waals surface area contributed by atoms with Crippen LogP contribution in [0.3, 0.4) is 0 Å². The third kappa shape index (κ3) is 6.27. The highest BCUT2D eigenvalue weighted by atomic mass is 32.2. The lowest BCUT2D eigenvalue weighted by atomic mass is 10.1. The van der Waals surface area contributed by atoms with Crippen molar-refractivity contribution in [3.05, 3.63) is 23.8 Å². The summed E-state index contributed by atoms with van der Waals surface area (Å²) in [5, 5.41) is 0.135. The van der Waals surface area contributed by atoms with Gasteiger partial charge in [0.05, 0.1) is 36.4 Å². The number of nitrogens with zero attached hydrogens (tertiary/aromatic N) is 3. The fraction of sp³-hybridized carbons (Fsp3) is 0.640. The lowest BCUT2D eigenvalue weighted by molar-refractivity contribution is -0.135. The second kappa shape index (κ2) is 10.6. The van der Waals surface area contributed by atoms with Crippen molar-refractivity contribution in [2.24, 2.45) is 0 Å². The summed E-state index contributed by atoms with van der Waals surface area (Å²) in [7, 11) is -4.34. The Morgan fingerprint density at radius 3 is 2.51 bits per heavy atom. The fourth-order valence-electron chi connectivity index (χ4n) is 4.07. The maximum Gasteiger partial charge on any atom is 0.243 e. The Labute approximate surface area is 211 Å². The molecule has 1 unspecified atom stereocenters. The molecule has 2 fully saturated rings.